The summed E-state index contributed by atoms with van der Waals surface area (Å²) >= 11 is 0. The molecule has 1 atom stereocenters. The van der Waals surface area contributed by atoms with Crippen LogP contribution in [0.2, 0.25) is 0 Å². The maximum atomic E-state index is 13.2. The van der Waals surface area contributed by atoms with E-state index in [1.165, 1.54) is 0 Å². The van der Waals surface area contributed by atoms with Gasteiger partial charge in [-0.15, -0.1) is 5.10 Å². The Labute approximate surface area is 220 Å². The Morgan fingerprint density at radius 2 is 1.84 bits per heavy atom. The van der Waals surface area contributed by atoms with Crippen LogP contribution in [-0.4, -0.2) is 64.1 Å². The zero-order valence-electron chi connectivity index (χ0n) is 21.8. The summed E-state index contributed by atoms with van der Waals surface area (Å²) in [5, 5.41) is 13.4. The van der Waals surface area contributed by atoms with E-state index < -0.39 is 0 Å². The average Bonchev–Trinajstić information content (AvgIpc) is 3.40. The molecule has 0 amide bonds. The molecule has 38 heavy (non-hydrogen) atoms. The second kappa shape index (κ2) is 11.6. The van der Waals surface area contributed by atoms with Crippen LogP contribution in [0, 0.1) is 0 Å². The molecule has 11 nitrogen and oxygen atoms in total. The topological polar surface area (TPSA) is 117 Å². The lowest BCUT2D eigenvalue weighted by atomic mass is 10.1. The minimum Gasteiger partial charge on any atom is -0.497 e. The Kier molecular flexibility index (Phi) is 7.85. The van der Waals surface area contributed by atoms with Crippen LogP contribution in [0.25, 0.3) is 10.9 Å². The third-order valence-electron chi connectivity index (χ3n) is 6.69. The SMILES string of the molecule is CCC(c1nnnn1CCOC)N(Cc1ccc(OC)cc1)Cc1cc2cc3c(cc2[nH]c1=O)OCCO3. The highest BCUT2D eigenvalue weighted by Gasteiger charge is 2.26. The minimum atomic E-state index is -0.150. The summed E-state index contributed by atoms with van der Waals surface area (Å²) in [6, 6.07) is 13.5. The Morgan fingerprint density at radius 3 is 2.55 bits per heavy atom. The van der Waals surface area contributed by atoms with E-state index in [1.54, 1.807) is 18.9 Å². The van der Waals surface area contributed by atoms with Gasteiger partial charge in [-0.05, 0) is 46.7 Å². The predicted molar refractivity (Wildman–Crippen MR) is 141 cm³/mol. The number of ether oxygens (including phenoxy) is 4. The molecule has 11 heteroatoms. The molecule has 0 spiro atoms. The quantitative estimate of drug-likeness (QED) is 0.318. The van der Waals surface area contributed by atoms with Crippen LogP contribution >= 0.6 is 0 Å². The predicted octanol–water partition coefficient (Wildman–Crippen LogP) is 3.09. The summed E-state index contributed by atoms with van der Waals surface area (Å²) in [7, 11) is 3.30. The summed E-state index contributed by atoms with van der Waals surface area (Å²) in [6.45, 7) is 5.08. The van der Waals surface area contributed by atoms with Crippen molar-refractivity contribution in [3.8, 4) is 17.2 Å². The second-order valence-electron chi connectivity index (χ2n) is 9.14. The average molecular weight is 521 g/mol. The lowest BCUT2D eigenvalue weighted by molar-refractivity contribution is 0.150. The molecular formula is C27H32N6O5. The van der Waals surface area contributed by atoms with E-state index in [9.17, 15) is 4.79 Å². The van der Waals surface area contributed by atoms with E-state index in [0.717, 1.165) is 28.9 Å². The van der Waals surface area contributed by atoms with Crippen molar-refractivity contribution in [2.24, 2.45) is 0 Å². The number of aromatic nitrogens is 5. The van der Waals surface area contributed by atoms with Crippen molar-refractivity contribution in [2.75, 3.05) is 34.0 Å². The molecule has 2 aromatic carbocycles. The Hall–Kier alpha value is -3.96. The maximum Gasteiger partial charge on any atom is 0.252 e. The van der Waals surface area contributed by atoms with Gasteiger partial charge in [0.1, 0.15) is 19.0 Å². The molecule has 0 aliphatic carbocycles. The number of H-pyrrole nitrogens is 1. The number of hydrogen-bond acceptors (Lipinski definition) is 9. The fourth-order valence-corrected chi connectivity index (χ4v) is 4.76. The van der Waals surface area contributed by atoms with Gasteiger partial charge >= 0.3 is 0 Å². The van der Waals surface area contributed by atoms with Crippen LogP contribution in [0.4, 0.5) is 0 Å². The Morgan fingerprint density at radius 1 is 1.08 bits per heavy atom. The van der Waals surface area contributed by atoms with Gasteiger partial charge in [-0.1, -0.05) is 19.1 Å². The standard InChI is InChI=1S/C27H32N6O5/c1-4-23(26-29-30-31-33(26)9-10-35-2)32(16-18-5-7-21(36-3)8-6-18)17-20-13-19-14-24-25(38-12-11-37-24)15-22(19)28-27(20)34/h5-8,13-15,23H,4,9-12,16-17H2,1-3H3,(H,28,34). The minimum absolute atomic E-state index is 0.140. The van der Waals surface area contributed by atoms with Gasteiger partial charge in [-0.3, -0.25) is 9.69 Å². The molecule has 200 valence electrons. The molecule has 1 N–H and O–H groups in total. The number of fused-ring (bicyclic) bond motifs is 2. The summed E-state index contributed by atoms with van der Waals surface area (Å²) < 4.78 is 23.8. The molecule has 5 rings (SSSR count). The summed E-state index contributed by atoms with van der Waals surface area (Å²) in [4.78, 5) is 18.5. The number of benzene rings is 2. The third kappa shape index (κ3) is 5.48. The monoisotopic (exact) mass is 520 g/mol. The van der Waals surface area contributed by atoms with Crippen LogP contribution in [0.1, 0.15) is 36.3 Å². The van der Waals surface area contributed by atoms with Gasteiger partial charge in [0.05, 0.1) is 31.8 Å². The van der Waals surface area contributed by atoms with Gasteiger partial charge in [0.25, 0.3) is 5.56 Å². The largest absolute Gasteiger partial charge is 0.497 e. The lowest BCUT2D eigenvalue weighted by Gasteiger charge is -2.30. The van der Waals surface area contributed by atoms with Gasteiger partial charge in [-0.25, -0.2) is 4.68 Å². The number of tetrazole rings is 1. The molecule has 0 radical (unpaired) electrons. The number of aromatic amines is 1. The molecule has 4 aromatic rings. The molecule has 0 saturated carbocycles. The maximum absolute atomic E-state index is 13.2. The third-order valence-corrected chi connectivity index (χ3v) is 6.69. The zero-order valence-corrected chi connectivity index (χ0v) is 21.8. The Bertz CT molecular complexity index is 1430. The summed E-state index contributed by atoms with van der Waals surface area (Å²) in [6.07, 6.45) is 0.744. The van der Waals surface area contributed by atoms with Gasteiger partial charge in [0, 0.05) is 37.2 Å². The van der Waals surface area contributed by atoms with E-state index in [4.69, 9.17) is 18.9 Å². The summed E-state index contributed by atoms with van der Waals surface area (Å²) in [5.41, 5.74) is 2.28. The van der Waals surface area contributed by atoms with Gasteiger partial charge in [0.2, 0.25) is 0 Å². The highest BCUT2D eigenvalue weighted by molar-refractivity contribution is 5.83. The number of nitrogens with one attached hydrogen (secondary N) is 1. The van der Waals surface area contributed by atoms with E-state index in [2.05, 4.69) is 32.3 Å². The number of methoxy groups -OCH3 is 2. The van der Waals surface area contributed by atoms with Gasteiger partial charge in [0.15, 0.2) is 17.3 Å². The van der Waals surface area contributed by atoms with Crippen LogP contribution in [0.5, 0.6) is 17.2 Å². The van der Waals surface area contributed by atoms with E-state index >= 15 is 0 Å². The van der Waals surface area contributed by atoms with Crippen molar-refractivity contribution >= 4 is 10.9 Å². The smallest absolute Gasteiger partial charge is 0.252 e. The normalized spacial score (nSPS) is 13.7. The first kappa shape index (κ1) is 25.7. The molecule has 0 bridgehead atoms. The number of hydrogen-bond donors (Lipinski definition) is 1. The number of rotatable bonds is 11. The summed E-state index contributed by atoms with van der Waals surface area (Å²) in [5.74, 6) is 2.84. The second-order valence-corrected chi connectivity index (χ2v) is 9.14. The zero-order chi connectivity index (χ0) is 26.5. The van der Waals surface area contributed by atoms with Crippen molar-refractivity contribution in [1.29, 1.82) is 0 Å². The Balaban J connectivity index is 1.51. The van der Waals surface area contributed by atoms with Gasteiger partial charge < -0.3 is 23.9 Å². The van der Waals surface area contributed by atoms with E-state index in [1.807, 2.05) is 42.5 Å². The molecule has 1 aliphatic rings. The molecule has 3 heterocycles. The van der Waals surface area contributed by atoms with Crippen molar-refractivity contribution < 1.29 is 18.9 Å². The lowest BCUT2D eigenvalue weighted by Crippen LogP contribution is -2.32. The molecule has 0 fully saturated rings. The van der Waals surface area contributed by atoms with E-state index in [-0.39, 0.29) is 11.6 Å². The first-order chi connectivity index (χ1) is 18.6. The highest BCUT2D eigenvalue weighted by atomic mass is 16.6. The molecule has 1 aliphatic heterocycles. The first-order valence-corrected chi connectivity index (χ1v) is 12.7. The molecule has 1 unspecified atom stereocenters. The van der Waals surface area contributed by atoms with Crippen molar-refractivity contribution in [3.63, 3.8) is 0 Å². The fourth-order valence-electron chi connectivity index (χ4n) is 4.76. The highest BCUT2D eigenvalue weighted by Crippen LogP contribution is 2.34. The van der Waals surface area contributed by atoms with Crippen LogP contribution in [-0.2, 0) is 24.4 Å². The van der Waals surface area contributed by atoms with Crippen molar-refractivity contribution in [2.45, 2.75) is 39.0 Å². The van der Waals surface area contributed by atoms with Crippen LogP contribution in [0.3, 0.4) is 0 Å². The first-order valence-electron chi connectivity index (χ1n) is 12.7. The number of pyridine rings is 1. The molecule has 0 saturated heterocycles. The molecular weight excluding hydrogens is 488 g/mol. The number of nitrogens with zero attached hydrogens (tertiary/aromatic N) is 5. The van der Waals surface area contributed by atoms with Crippen molar-refractivity contribution in [3.05, 3.63) is 69.8 Å². The van der Waals surface area contributed by atoms with Gasteiger partial charge in [-0.2, -0.15) is 0 Å². The molecule has 2 aromatic heterocycles. The fraction of sp³-hybridized carbons (Fsp3) is 0.407. The van der Waals surface area contributed by atoms with Crippen LogP contribution < -0.4 is 19.8 Å². The van der Waals surface area contributed by atoms with Crippen molar-refractivity contribution in [1.82, 2.24) is 30.1 Å². The van der Waals surface area contributed by atoms with Crippen LogP contribution in [0.15, 0.2) is 47.3 Å². The van der Waals surface area contributed by atoms with E-state index in [0.29, 0.717) is 62.0 Å².